The van der Waals surface area contributed by atoms with Crippen molar-refractivity contribution in [2.75, 3.05) is 29.7 Å². The molecule has 2 aliphatic heterocycles. The number of aromatic nitrogens is 1. The highest BCUT2D eigenvalue weighted by molar-refractivity contribution is 7.93. The van der Waals surface area contributed by atoms with E-state index in [1.807, 2.05) is 0 Å². The van der Waals surface area contributed by atoms with Crippen molar-refractivity contribution in [2.45, 2.75) is 35.9 Å². The molecule has 2 aromatic rings. The fourth-order valence-electron chi connectivity index (χ4n) is 4.08. The van der Waals surface area contributed by atoms with Crippen molar-refractivity contribution < 1.29 is 17.2 Å². The highest BCUT2D eigenvalue weighted by Crippen LogP contribution is 2.41. The van der Waals surface area contributed by atoms with E-state index in [1.54, 1.807) is 5.38 Å². The lowest BCUT2D eigenvalue weighted by molar-refractivity contribution is 0.209. The van der Waals surface area contributed by atoms with Gasteiger partial charge in [-0.05, 0) is 37.9 Å². The molecule has 0 aliphatic carbocycles. The number of sulfonamides is 1. The first-order valence-corrected chi connectivity index (χ1v) is 11.6. The minimum absolute atomic E-state index is 0.139. The van der Waals surface area contributed by atoms with E-state index < -0.39 is 26.9 Å². The van der Waals surface area contributed by atoms with Crippen LogP contribution in [0.4, 0.5) is 19.6 Å². The summed E-state index contributed by atoms with van der Waals surface area (Å²) in [6.45, 7) is 1.70. The van der Waals surface area contributed by atoms with Gasteiger partial charge < -0.3 is 5.32 Å². The van der Waals surface area contributed by atoms with Gasteiger partial charge in [-0.2, -0.15) is 0 Å². The SMILES string of the molecule is O=S(=O)(Nc1nccs1)c1ccc(NC[C@@]23CCCN2C[C@H](F)C3)c(Cl)c1F. The Morgan fingerprint density at radius 2 is 2.25 bits per heavy atom. The van der Waals surface area contributed by atoms with Crippen LogP contribution >= 0.6 is 22.9 Å². The summed E-state index contributed by atoms with van der Waals surface area (Å²) >= 11 is 7.19. The van der Waals surface area contributed by atoms with Crippen LogP contribution in [0, 0.1) is 5.82 Å². The quantitative estimate of drug-likeness (QED) is 0.704. The molecule has 0 spiro atoms. The van der Waals surface area contributed by atoms with Gasteiger partial charge in [0, 0.05) is 30.2 Å². The van der Waals surface area contributed by atoms with E-state index in [9.17, 15) is 17.2 Å². The van der Waals surface area contributed by atoms with E-state index in [0.717, 1.165) is 36.8 Å². The van der Waals surface area contributed by atoms with Crippen molar-refractivity contribution in [3.05, 3.63) is 34.5 Å². The van der Waals surface area contributed by atoms with Gasteiger partial charge in [0.25, 0.3) is 10.0 Å². The number of thiazole rings is 1. The number of nitrogens with zero attached hydrogens (tertiary/aromatic N) is 2. The maximum Gasteiger partial charge on any atom is 0.266 e. The maximum atomic E-state index is 14.7. The third kappa shape index (κ3) is 3.58. The van der Waals surface area contributed by atoms with E-state index in [-0.39, 0.29) is 21.4 Å². The monoisotopic (exact) mass is 448 g/mol. The number of halogens is 3. The second-order valence-corrected chi connectivity index (χ2v) is 10.0. The van der Waals surface area contributed by atoms with Gasteiger partial charge in [-0.15, -0.1) is 11.3 Å². The zero-order valence-corrected chi connectivity index (χ0v) is 17.2. The van der Waals surface area contributed by atoms with Crippen LogP contribution in [-0.2, 0) is 10.0 Å². The molecule has 2 aliphatic rings. The van der Waals surface area contributed by atoms with Gasteiger partial charge in [-0.1, -0.05) is 11.6 Å². The van der Waals surface area contributed by atoms with Gasteiger partial charge in [0.05, 0.1) is 5.69 Å². The Morgan fingerprint density at radius 3 is 3.00 bits per heavy atom. The van der Waals surface area contributed by atoms with E-state index in [4.69, 9.17) is 11.6 Å². The second-order valence-electron chi connectivity index (χ2n) is 7.11. The molecule has 1 aromatic heterocycles. The molecule has 28 heavy (non-hydrogen) atoms. The van der Waals surface area contributed by atoms with E-state index in [2.05, 4.69) is 19.9 Å². The Balaban J connectivity index is 1.53. The minimum atomic E-state index is -4.15. The second kappa shape index (κ2) is 7.40. The first-order chi connectivity index (χ1) is 13.3. The largest absolute Gasteiger partial charge is 0.382 e. The Morgan fingerprint density at radius 1 is 1.43 bits per heavy atom. The van der Waals surface area contributed by atoms with Crippen molar-refractivity contribution in [2.24, 2.45) is 0 Å². The van der Waals surface area contributed by atoms with Crippen LogP contribution in [0.3, 0.4) is 0 Å². The summed E-state index contributed by atoms with van der Waals surface area (Å²) in [4.78, 5) is 5.41. The van der Waals surface area contributed by atoms with E-state index >= 15 is 0 Å². The van der Waals surface area contributed by atoms with Crippen LogP contribution in [0.2, 0.25) is 5.02 Å². The Bertz CT molecular complexity index is 974. The number of rotatable bonds is 6. The average Bonchev–Trinajstić information content (AvgIpc) is 3.32. The molecule has 2 fully saturated rings. The topological polar surface area (TPSA) is 74.3 Å². The molecule has 4 rings (SSSR count). The molecule has 2 N–H and O–H groups in total. The Hall–Kier alpha value is -1.49. The van der Waals surface area contributed by atoms with Crippen LogP contribution in [-0.4, -0.2) is 49.6 Å². The molecule has 0 saturated carbocycles. The zero-order valence-electron chi connectivity index (χ0n) is 14.8. The van der Waals surface area contributed by atoms with Gasteiger partial charge in [-0.25, -0.2) is 22.2 Å². The smallest absolute Gasteiger partial charge is 0.266 e. The third-order valence-corrected chi connectivity index (χ3v) is 7.90. The predicted molar refractivity (Wildman–Crippen MR) is 106 cm³/mol. The summed E-state index contributed by atoms with van der Waals surface area (Å²) in [5, 5.41) is 4.53. The van der Waals surface area contributed by atoms with Crippen LogP contribution in [0.25, 0.3) is 0 Å². The van der Waals surface area contributed by atoms with Crippen molar-refractivity contribution in [3.8, 4) is 0 Å². The average molecular weight is 449 g/mol. The number of hydrogen-bond donors (Lipinski definition) is 2. The lowest BCUT2D eigenvalue weighted by Gasteiger charge is -2.32. The fourth-order valence-corrected chi connectivity index (χ4v) is 6.24. The molecule has 0 radical (unpaired) electrons. The molecule has 1 aromatic carbocycles. The van der Waals surface area contributed by atoms with Gasteiger partial charge in [0.1, 0.15) is 16.1 Å². The molecular formula is C17H19ClF2N4O2S2. The number of fused-ring (bicyclic) bond motifs is 1. The molecular weight excluding hydrogens is 430 g/mol. The van der Waals surface area contributed by atoms with Crippen molar-refractivity contribution in [3.63, 3.8) is 0 Å². The molecule has 2 atom stereocenters. The third-order valence-electron chi connectivity index (χ3n) is 5.36. The van der Waals surface area contributed by atoms with Crippen molar-refractivity contribution in [1.82, 2.24) is 9.88 Å². The van der Waals surface area contributed by atoms with Crippen LogP contribution < -0.4 is 10.0 Å². The molecule has 0 amide bonds. The standard InChI is InChI=1S/C17H19ClF2N4O2S2/c18-14-12(22-10-17-4-1-6-24(17)9-11(19)8-17)2-3-13(15(14)20)28(25,26)23-16-21-5-7-27-16/h2-3,5,7,11,22H,1,4,6,8-10H2,(H,21,23)/t11-,17+/m1/s1. The summed E-state index contributed by atoms with van der Waals surface area (Å²) in [5.74, 6) is -1.04. The fraction of sp³-hybridized carbons (Fsp3) is 0.471. The zero-order chi connectivity index (χ0) is 19.9. The van der Waals surface area contributed by atoms with Crippen LogP contribution in [0.15, 0.2) is 28.6 Å². The van der Waals surface area contributed by atoms with Gasteiger partial charge in [0.15, 0.2) is 10.9 Å². The summed E-state index contributed by atoms with van der Waals surface area (Å²) in [6, 6.07) is 2.59. The minimum Gasteiger partial charge on any atom is -0.382 e. The molecule has 11 heteroatoms. The summed E-state index contributed by atoms with van der Waals surface area (Å²) in [6.07, 6.45) is 2.87. The molecule has 6 nitrogen and oxygen atoms in total. The highest BCUT2D eigenvalue weighted by Gasteiger charge is 2.48. The highest BCUT2D eigenvalue weighted by atomic mass is 35.5. The normalized spacial score (nSPS) is 25.0. The van der Waals surface area contributed by atoms with Gasteiger partial charge in [0.2, 0.25) is 0 Å². The molecule has 152 valence electrons. The van der Waals surface area contributed by atoms with Crippen molar-refractivity contribution in [1.29, 1.82) is 0 Å². The summed E-state index contributed by atoms with van der Waals surface area (Å²) in [7, 11) is -4.15. The first-order valence-electron chi connectivity index (χ1n) is 8.84. The van der Waals surface area contributed by atoms with Gasteiger partial charge >= 0.3 is 0 Å². The number of alkyl halides is 1. The van der Waals surface area contributed by atoms with Crippen LogP contribution in [0.1, 0.15) is 19.3 Å². The number of anilines is 2. The Labute approximate surface area is 171 Å². The molecule has 0 unspecified atom stereocenters. The van der Waals surface area contributed by atoms with E-state index in [0.29, 0.717) is 19.5 Å². The lowest BCUT2D eigenvalue weighted by Crippen LogP contribution is -2.44. The van der Waals surface area contributed by atoms with Gasteiger partial charge in [-0.3, -0.25) is 9.62 Å². The first kappa shape index (κ1) is 19.8. The van der Waals surface area contributed by atoms with Crippen LogP contribution in [0.5, 0.6) is 0 Å². The summed E-state index contributed by atoms with van der Waals surface area (Å²) in [5.41, 5.74) is -0.00740. The summed E-state index contributed by atoms with van der Waals surface area (Å²) < 4.78 is 55.7. The predicted octanol–water partition coefficient (Wildman–Crippen LogP) is 3.72. The maximum absolute atomic E-state index is 14.7. The number of nitrogens with one attached hydrogen (secondary N) is 2. The van der Waals surface area contributed by atoms with Crippen molar-refractivity contribution >= 4 is 43.8 Å². The van der Waals surface area contributed by atoms with E-state index in [1.165, 1.54) is 12.3 Å². The lowest BCUT2D eigenvalue weighted by atomic mass is 9.93. The Kier molecular flexibility index (Phi) is 5.24. The number of hydrogen-bond acceptors (Lipinski definition) is 6. The number of benzene rings is 1. The molecule has 2 saturated heterocycles. The molecule has 3 heterocycles. The molecule has 0 bridgehead atoms.